The zero-order valence-electron chi connectivity index (χ0n) is 14.9. The van der Waals surface area contributed by atoms with Crippen molar-refractivity contribution in [3.05, 3.63) is 48.4 Å². The SMILES string of the molecule is CN(C)CCOc1ccc(N2CCN(C(=O)c3ccco3)CC2)cc1. The van der Waals surface area contributed by atoms with Crippen LogP contribution in [-0.2, 0) is 0 Å². The average Bonchev–Trinajstić information content (AvgIpc) is 3.16. The molecule has 0 bridgehead atoms. The molecule has 1 amide bonds. The average molecular weight is 343 g/mol. The van der Waals surface area contributed by atoms with Crippen molar-refractivity contribution < 1.29 is 13.9 Å². The van der Waals surface area contributed by atoms with Gasteiger partial charge in [0.15, 0.2) is 5.76 Å². The first-order chi connectivity index (χ1) is 12.1. The fourth-order valence-electron chi connectivity index (χ4n) is 2.82. The highest BCUT2D eigenvalue weighted by atomic mass is 16.5. The van der Waals surface area contributed by atoms with Gasteiger partial charge in [-0.1, -0.05) is 0 Å². The second kappa shape index (κ2) is 8.07. The van der Waals surface area contributed by atoms with Gasteiger partial charge in [-0.25, -0.2) is 0 Å². The Bertz CT molecular complexity index is 660. The van der Waals surface area contributed by atoms with Crippen LogP contribution in [0.15, 0.2) is 47.1 Å². The Morgan fingerprint density at radius 2 is 1.84 bits per heavy atom. The number of benzene rings is 1. The summed E-state index contributed by atoms with van der Waals surface area (Å²) in [6.45, 7) is 4.59. The van der Waals surface area contributed by atoms with Crippen LogP contribution in [-0.4, -0.2) is 69.1 Å². The van der Waals surface area contributed by atoms with Crippen molar-refractivity contribution in [2.45, 2.75) is 0 Å². The topological polar surface area (TPSA) is 49.2 Å². The molecular formula is C19H25N3O3. The fraction of sp³-hybridized carbons (Fsp3) is 0.421. The van der Waals surface area contributed by atoms with Crippen molar-refractivity contribution in [2.75, 3.05) is 58.3 Å². The molecule has 0 radical (unpaired) electrons. The van der Waals surface area contributed by atoms with Crippen LogP contribution in [0, 0.1) is 0 Å². The highest BCUT2D eigenvalue weighted by Gasteiger charge is 2.23. The Balaban J connectivity index is 1.50. The van der Waals surface area contributed by atoms with Crippen molar-refractivity contribution in [2.24, 2.45) is 0 Å². The summed E-state index contributed by atoms with van der Waals surface area (Å²) in [5, 5.41) is 0. The zero-order valence-corrected chi connectivity index (χ0v) is 14.9. The van der Waals surface area contributed by atoms with E-state index in [1.165, 1.54) is 6.26 Å². The van der Waals surface area contributed by atoms with E-state index in [1.807, 2.05) is 31.1 Å². The van der Waals surface area contributed by atoms with E-state index in [0.717, 1.165) is 31.1 Å². The van der Waals surface area contributed by atoms with Crippen molar-refractivity contribution in [1.29, 1.82) is 0 Å². The summed E-state index contributed by atoms with van der Waals surface area (Å²) in [4.78, 5) is 18.5. The standard InChI is InChI=1S/C19H25N3O3/c1-20(2)13-15-24-17-7-5-16(6-8-17)21-9-11-22(12-10-21)19(23)18-4-3-14-25-18/h3-8,14H,9-13,15H2,1-2H3. The van der Waals surface area contributed by atoms with E-state index in [0.29, 0.717) is 25.5 Å². The normalized spacial score (nSPS) is 14.8. The summed E-state index contributed by atoms with van der Waals surface area (Å²) in [6, 6.07) is 11.6. The van der Waals surface area contributed by atoms with Crippen LogP contribution in [0.2, 0.25) is 0 Å². The number of anilines is 1. The van der Waals surface area contributed by atoms with Crippen molar-refractivity contribution in [3.63, 3.8) is 0 Å². The van der Waals surface area contributed by atoms with Gasteiger partial charge in [0.05, 0.1) is 6.26 Å². The second-order valence-corrected chi connectivity index (χ2v) is 6.40. The van der Waals surface area contributed by atoms with Gasteiger partial charge in [-0.15, -0.1) is 0 Å². The van der Waals surface area contributed by atoms with E-state index in [-0.39, 0.29) is 5.91 Å². The summed E-state index contributed by atoms with van der Waals surface area (Å²) >= 11 is 0. The molecule has 1 aliphatic heterocycles. The minimum atomic E-state index is -0.0331. The molecule has 1 fully saturated rings. The lowest BCUT2D eigenvalue weighted by molar-refractivity contribution is 0.0714. The van der Waals surface area contributed by atoms with Crippen molar-refractivity contribution in [1.82, 2.24) is 9.80 Å². The Kier molecular flexibility index (Phi) is 5.60. The van der Waals surface area contributed by atoms with Gasteiger partial charge in [0.2, 0.25) is 0 Å². The Morgan fingerprint density at radius 3 is 2.44 bits per heavy atom. The number of carbonyl (C=O) groups excluding carboxylic acids is 1. The molecule has 0 aliphatic carbocycles. The maximum absolute atomic E-state index is 12.3. The molecule has 1 aromatic carbocycles. The quantitative estimate of drug-likeness (QED) is 0.805. The Morgan fingerprint density at radius 1 is 1.12 bits per heavy atom. The molecule has 6 heteroatoms. The van der Waals surface area contributed by atoms with Crippen LogP contribution >= 0.6 is 0 Å². The Hall–Kier alpha value is -2.47. The summed E-state index contributed by atoms with van der Waals surface area (Å²) in [6.07, 6.45) is 1.53. The fourth-order valence-corrected chi connectivity index (χ4v) is 2.82. The van der Waals surface area contributed by atoms with Crippen LogP contribution in [0.25, 0.3) is 0 Å². The Labute approximate surface area is 148 Å². The maximum atomic E-state index is 12.3. The van der Waals surface area contributed by atoms with E-state index >= 15 is 0 Å². The van der Waals surface area contributed by atoms with Gasteiger partial charge in [0, 0.05) is 38.4 Å². The zero-order chi connectivity index (χ0) is 17.6. The number of hydrogen-bond donors (Lipinski definition) is 0. The molecule has 3 rings (SSSR count). The highest BCUT2D eigenvalue weighted by molar-refractivity contribution is 5.91. The predicted molar refractivity (Wildman–Crippen MR) is 97.3 cm³/mol. The molecule has 0 N–H and O–H groups in total. The molecule has 0 spiro atoms. The summed E-state index contributed by atoms with van der Waals surface area (Å²) < 4.78 is 10.9. The highest BCUT2D eigenvalue weighted by Crippen LogP contribution is 2.21. The van der Waals surface area contributed by atoms with Crippen molar-refractivity contribution >= 4 is 11.6 Å². The molecular weight excluding hydrogens is 318 g/mol. The predicted octanol–water partition coefficient (Wildman–Crippen LogP) is 2.18. The largest absolute Gasteiger partial charge is 0.492 e. The third-order valence-electron chi connectivity index (χ3n) is 4.31. The van der Waals surface area contributed by atoms with E-state index < -0.39 is 0 Å². The van der Waals surface area contributed by atoms with E-state index in [2.05, 4.69) is 21.9 Å². The van der Waals surface area contributed by atoms with Crippen molar-refractivity contribution in [3.8, 4) is 5.75 Å². The molecule has 1 aromatic heterocycles. The second-order valence-electron chi connectivity index (χ2n) is 6.40. The van der Waals surface area contributed by atoms with Crippen LogP contribution in [0.3, 0.4) is 0 Å². The molecule has 1 saturated heterocycles. The number of furan rings is 1. The van der Waals surface area contributed by atoms with Crippen LogP contribution in [0.4, 0.5) is 5.69 Å². The van der Waals surface area contributed by atoms with Crippen LogP contribution in [0.1, 0.15) is 10.6 Å². The molecule has 0 saturated carbocycles. The van der Waals surface area contributed by atoms with Gasteiger partial charge in [-0.2, -0.15) is 0 Å². The molecule has 2 aromatic rings. The first kappa shape index (κ1) is 17.4. The molecule has 0 atom stereocenters. The molecule has 2 heterocycles. The lowest BCUT2D eigenvalue weighted by atomic mass is 10.2. The molecule has 1 aliphatic rings. The molecule has 0 unspecified atom stereocenters. The first-order valence-corrected chi connectivity index (χ1v) is 8.59. The van der Waals surface area contributed by atoms with Gasteiger partial charge in [0.25, 0.3) is 5.91 Å². The lowest BCUT2D eigenvalue weighted by Gasteiger charge is -2.35. The molecule has 25 heavy (non-hydrogen) atoms. The number of hydrogen-bond acceptors (Lipinski definition) is 5. The molecule has 6 nitrogen and oxygen atoms in total. The monoisotopic (exact) mass is 343 g/mol. The minimum Gasteiger partial charge on any atom is -0.492 e. The summed E-state index contributed by atoms with van der Waals surface area (Å²) in [5.41, 5.74) is 1.16. The van der Waals surface area contributed by atoms with E-state index in [9.17, 15) is 4.79 Å². The van der Waals surface area contributed by atoms with E-state index in [4.69, 9.17) is 9.15 Å². The number of carbonyl (C=O) groups is 1. The number of amides is 1. The smallest absolute Gasteiger partial charge is 0.289 e. The van der Waals surface area contributed by atoms with Gasteiger partial charge < -0.3 is 23.9 Å². The van der Waals surface area contributed by atoms with Gasteiger partial charge in [-0.05, 0) is 50.5 Å². The number of ether oxygens (including phenoxy) is 1. The first-order valence-electron chi connectivity index (χ1n) is 8.59. The third kappa shape index (κ3) is 4.54. The number of likely N-dealkylation sites (N-methyl/N-ethyl adjacent to an activating group) is 1. The van der Waals surface area contributed by atoms with Crippen LogP contribution < -0.4 is 9.64 Å². The van der Waals surface area contributed by atoms with E-state index in [1.54, 1.807) is 12.1 Å². The number of rotatable bonds is 6. The molecule has 134 valence electrons. The van der Waals surface area contributed by atoms with Gasteiger partial charge >= 0.3 is 0 Å². The maximum Gasteiger partial charge on any atom is 0.289 e. The summed E-state index contributed by atoms with van der Waals surface area (Å²) in [5.74, 6) is 1.26. The van der Waals surface area contributed by atoms with Gasteiger partial charge in [-0.3, -0.25) is 4.79 Å². The van der Waals surface area contributed by atoms with Crippen LogP contribution in [0.5, 0.6) is 5.75 Å². The number of nitrogens with zero attached hydrogens (tertiary/aromatic N) is 3. The summed E-state index contributed by atoms with van der Waals surface area (Å²) in [7, 11) is 4.06. The lowest BCUT2D eigenvalue weighted by Crippen LogP contribution is -2.48. The third-order valence-corrected chi connectivity index (χ3v) is 4.31. The minimum absolute atomic E-state index is 0.0331. The number of piperazine rings is 1. The van der Waals surface area contributed by atoms with Gasteiger partial charge in [0.1, 0.15) is 12.4 Å².